The van der Waals surface area contributed by atoms with E-state index >= 15 is 0 Å². The molecule has 0 aliphatic carbocycles. The van der Waals surface area contributed by atoms with Crippen LogP contribution in [-0.4, -0.2) is 24.3 Å². The van der Waals surface area contributed by atoms with E-state index in [2.05, 4.69) is 10.6 Å². The van der Waals surface area contributed by atoms with Crippen molar-refractivity contribution in [1.82, 2.24) is 0 Å². The first-order valence-electron chi connectivity index (χ1n) is 9.78. The minimum atomic E-state index is -0.263. The van der Waals surface area contributed by atoms with Gasteiger partial charge in [0.15, 0.2) is 0 Å². The first-order valence-corrected chi connectivity index (χ1v) is 9.78. The van der Waals surface area contributed by atoms with Crippen molar-refractivity contribution in [3.63, 3.8) is 0 Å². The molecule has 1 aliphatic rings. The van der Waals surface area contributed by atoms with Crippen LogP contribution in [0.25, 0.3) is 0 Å². The maximum atomic E-state index is 12.6. The Bertz CT molecular complexity index is 1080. The fraction of sp³-hybridized carbons (Fsp3) is 0.125. The summed E-state index contributed by atoms with van der Waals surface area (Å²) >= 11 is 0. The number of nitrogens with one attached hydrogen (secondary N) is 2. The Hall–Kier alpha value is -3.93. The summed E-state index contributed by atoms with van der Waals surface area (Å²) in [5.41, 5.74) is 3.05. The second-order valence-electron chi connectivity index (χ2n) is 7.05. The minimum absolute atomic E-state index is 0.103. The summed E-state index contributed by atoms with van der Waals surface area (Å²) in [6.07, 6.45) is 1.41. The maximum Gasteiger partial charge on any atom is 0.255 e. The molecule has 1 heterocycles. The van der Waals surface area contributed by atoms with E-state index < -0.39 is 0 Å². The number of amides is 3. The number of rotatable bonds is 5. The summed E-state index contributed by atoms with van der Waals surface area (Å²) in [4.78, 5) is 38.5. The lowest BCUT2D eigenvalue weighted by Gasteiger charge is -2.16. The molecule has 3 amide bonds. The number of nitrogens with zero attached hydrogens (tertiary/aromatic N) is 1. The highest BCUT2D eigenvalue weighted by Crippen LogP contribution is 2.24. The number of hydrogen-bond donors (Lipinski definition) is 2. The normalized spacial score (nSPS) is 13.2. The molecular weight excluding hydrogens is 378 g/mol. The molecule has 1 fully saturated rings. The molecule has 30 heavy (non-hydrogen) atoms. The Kier molecular flexibility index (Phi) is 5.57. The van der Waals surface area contributed by atoms with E-state index in [9.17, 15) is 14.4 Å². The molecule has 1 saturated heterocycles. The van der Waals surface area contributed by atoms with E-state index in [1.165, 1.54) is 0 Å². The van der Waals surface area contributed by atoms with E-state index in [0.717, 1.165) is 12.1 Å². The molecule has 0 atom stereocenters. The fourth-order valence-electron chi connectivity index (χ4n) is 3.37. The van der Waals surface area contributed by atoms with Gasteiger partial charge in [-0.05, 0) is 61.0 Å². The van der Waals surface area contributed by atoms with Gasteiger partial charge in [0.25, 0.3) is 11.8 Å². The fourth-order valence-corrected chi connectivity index (χ4v) is 3.37. The van der Waals surface area contributed by atoms with Gasteiger partial charge in [-0.15, -0.1) is 0 Å². The summed E-state index contributed by atoms with van der Waals surface area (Å²) in [5.74, 6) is -0.367. The van der Waals surface area contributed by atoms with Crippen molar-refractivity contribution >= 4 is 34.8 Å². The molecule has 6 nitrogen and oxygen atoms in total. The minimum Gasteiger partial charge on any atom is -0.322 e. The Labute approximate surface area is 174 Å². The predicted molar refractivity (Wildman–Crippen MR) is 117 cm³/mol. The van der Waals surface area contributed by atoms with E-state index in [1.54, 1.807) is 65.6 Å². The van der Waals surface area contributed by atoms with Crippen LogP contribution in [0, 0.1) is 0 Å². The largest absolute Gasteiger partial charge is 0.322 e. The summed E-state index contributed by atoms with van der Waals surface area (Å²) in [6.45, 7) is 0.701. The second-order valence-corrected chi connectivity index (χ2v) is 7.05. The molecule has 0 radical (unpaired) electrons. The molecule has 1 aliphatic heterocycles. The maximum absolute atomic E-state index is 12.6. The van der Waals surface area contributed by atoms with E-state index in [4.69, 9.17) is 0 Å². The molecule has 6 heteroatoms. The SMILES string of the molecule is O=C(Nc1ccc(C(=O)Nc2cccc(N3CCCC3=O)c2)cc1)c1ccccc1. The van der Waals surface area contributed by atoms with E-state index in [-0.39, 0.29) is 17.7 Å². The molecule has 3 aromatic carbocycles. The number of carbonyl (C=O) groups excluding carboxylic acids is 3. The Morgan fingerprint density at radius 3 is 2.07 bits per heavy atom. The van der Waals surface area contributed by atoms with Gasteiger partial charge in [0.1, 0.15) is 0 Å². The van der Waals surface area contributed by atoms with Gasteiger partial charge in [0, 0.05) is 41.2 Å². The van der Waals surface area contributed by atoms with Crippen LogP contribution >= 0.6 is 0 Å². The lowest BCUT2D eigenvalue weighted by molar-refractivity contribution is -0.117. The molecule has 0 spiro atoms. The third-order valence-electron chi connectivity index (χ3n) is 4.93. The highest BCUT2D eigenvalue weighted by molar-refractivity contribution is 6.06. The summed E-state index contributed by atoms with van der Waals surface area (Å²) < 4.78 is 0. The molecule has 2 N–H and O–H groups in total. The average molecular weight is 399 g/mol. The number of hydrogen-bond acceptors (Lipinski definition) is 3. The number of anilines is 3. The van der Waals surface area contributed by atoms with E-state index in [1.807, 2.05) is 18.2 Å². The third-order valence-corrected chi connectivity index (χ3v) is 4.93. The van der Waals surface area contributed by atoms with Crippen LogP contribution < -0.4 is 15.5 Å². The highest BCUT2D eigenvalue weighted by Gasteiger charge is 2.21. The smallest absolute Gasteiger partial charge is 0.255 e. The lowest BCUT2D eigenvalue weighted by Crippen LogP contribution is -2.23. The van der Waals surface area contributed by atoms with Crippen molar-refractivity contribution < 1.29 is 14.4 Å². The van der Waals surface area contributed by atoms with Crippen LogP contribution in [0.5, 0.6) is 0 Å². The topological polar surface area (TPSA) is 78.5 Å². The molecule has 3 aromatic rings. The van der Waals surface area contributed by atoms with Gasteiger partial charge in [-0.1, -0.05) is 24.3 Å². The first-order chi connectivity index (χ1) is 14.6. The summed E-state index contributed by atoms with van der Waals surface area (Å²) in [7, 11) is 0. The summed E-state index contributed by atoms with van der Waals surface area (Å²) in [5, 5.41) is 5.67. The Balaban J connectivity index is 1.41. The third kappa shape index (κ3) is 4.38. The molecule has 0 bridgehead atoms. The Morgan fingerprint density at radius 1 is 0.733 bits per heavy atom. The van der Waals surface area contributed by atoms with Crippen LogP contribution in [0.4, 0.5) is 17.1 Å². The molecule has 0 saturated carbocycles. The zero-order valence-corrected chi connectivity index (χ0v) is 16.3. The van der Waals surface area contributed by atoms with Gasteiger partial charge < -0.3 is 15.5 Å². The van der Waals surface area contributed by atoms with Crippen LogP contribution in [0.15, 0.2) is 78.9 Å². The van der Waals surface area contributed by atoms with Crippen molar-refractivity contribution in [2.24, 2.45) is 0 Å². The Morgan fingerprint density at radius 2 is 1.40 bits per heavy atom. The first kappa shape index (κ1) is 19.4. The average Bonchev–Trinajstić information content (AvgIpc) is 3.21. The van der Waals surface area contributed by atoms with Crippen LogP contribution in [-0.2, 0) is 4.79 Å². The van der Waals surface area contributed by atoms with Crippen LogP contribution in [0.1, 0.15) is 33.6 Å². The zero-order valence-electron chi connectivity index (χ0n) is 16.3. The van der Waals surface area contributed by atoms with Crippen LogP contribution in [0.3, 0.4) is 0 Å². The second kappa shape index (κ2) is 8.61. The molecular formula is C24H21N3O3. The monoisotopic (exact) mass is 399 g/mol. The summed E-state index contributed by atoms with van der Waals surface area (Å²) in [6, 6.07) is 22.9. The van der Waals surface area contributed by atoms with Gasteiger partial charge in [0.2, 0.25) is 5.91 Å². The van der Waals surface area contributed by atoms with Gasteiger partial charge in [-0.2, -0.15) is 0 Å². The van der Waals surface area contributed by atoms with E-state index in [0.29, 0.717) is 35.5 Å². The van der Waals surface area contributed by atoms with Gasteiger partial charge in [0.05, 0.1) is 0 Å². The van der Waals surface area contributed by atoms with Crippen molar-refractivity contribution in [2.45, 2.75) is 12.8 Å². The zero-order chi connectivity index (χ0) is 20.9. The number of benzene rings is 3. The standard InChI is InChI=1S/C24H21N3O3/c28-22-10-5-15-27(22)21-9-4-8-20(16-21)26-24(30)18-11-13-19(14-12-18)25-23(29)17-6-2-1-3-7-17/h1-4,6-9,11-14,16H,5,10,15H2,(H,25,29)(H,26,30). The van der Waals surface area contributed by atoms with Crippen molar-refractivity contribution in [3.8, 4) is 0 Å². The van der Waals surface area contributed by atoms with Crippen molar-refractivity contribution in [1.29, 1.82) is 0 Å². The highest BCUT2D eigenvalue weighted by atomic mass is 16.2. The molecule has 0 unspecified atom stereocenters. The quantitative estimate of drug-likeness (QED) is 0.671. The predicted octanol–water partition coefficient (Wildman–Crippen LogP) is 4.32. The van der Waals surface area contributed by atoms with Gasteiger partial charge in [-0.3, -0.25) is 14.4 Å². The molecule has 4 rings (SSSR count). The molecule has 0 aromatic heterocycles. The van der Waals surface area contributed by atoms with Gasteiger partial charge in [-0.25, -0.2) is 0 Å². The van der Waals surface area contributed by atoms with Crippen molar-refractivity contribution in [2.75, 3.05) is 22.1 Å². The van der Waals surface area contributed by atoms with Crippen molar-refractivity contribution in [3.05, 3.63) is 90.0 Å². The van der Waals surface area contributed by atoms with Crippen LogP contribution in [0.2, 0.25) is 0 Å². The van der Waals surface area contributed by atoms with Gasteiger partial charge >= 0.3 is 0 Å². The molecule has 150 valence electrons. The lowest BCUT2D eigenvalue weighted by atomic mass is 10.1. The number of carbonyl (C=O) groups is 3.